The number of nitrogens with one attached hydrogen (secondary N) is 1. The lowest BCUT2D eigenvalue weighted by Gasteiger charge is -2.09. The van der Waals surface area contributed by atoms with Crippen molar-refractivity contribution in [2.75, 3.05) is 7.11 Å². The van der Waals surface area contributed by atoms with Gasteiger partial charge in [-0.05, 0) is 36.6 Å². The number of ether oxygens (including phenoxy) is 1. The first-order valence-electron chi connectivity index (χ1n) is 7.85. The minimum Gasteiger partial charge on any atom is -0.497 e. The Balaban J connectivity index is 1.71. The van der Waals surface area contributed by atoms with Crippen LogP contribution in [0.15, 0.2) is 40.0 Å². The van der Waals surface area contributed by atoms with Crippen molar-refractivity contribution in [3.63, 3.8) is 0 Å². The first-order valence-corrected chi connectivity index (χ1v) is 10.1. The maximum atomic E-state index is 12.5. The predicted molar refractivity (Wildman–Crippen MR) is 94.5 cm³/mol. The van der Waals surface area contributed by atoms with Gasteiger partial charge in [-0.15, -0.1) is 0 Å². The van der Waals surface area contributed by atoms with Gasteiger partial charge in [-0.1, -0.05) is 28.8 Å². The highest BCUT2D eigenvalue weighted by Crippen LogP contribution is 2.29. The molecule has 0 unspecified atom stereocenters. The number of methoxy groups -OCH3 is 1. The topological polar surface area (TPSA) is 73.2 Å². The average Bonchev–Trinajstić information content (AvgIpc) is 3.23. The van der Waals surface area contributed by atoms with E-state index in [0.29, 0.717) is 11.8 Å². The molecule has 1 heterocycles. The third-order valence-corrected chi connectivity index (χ3v) is 6.03. The zero-order valence-corrected chi connectivity index (χ0v) is 15.8. The molecule has 0 saturated heterocycles. The summed E-state index contributed by atoms with van der Waals surface area (Å²) < 4.78 is 35.4. The molecule has 1 aromatic carbocycles. The van der Waals surface area contributed by atoms with Gasteiger partial charge < -0.3 is 4.74 Å². The molecule has 24 heavy (non-hydrogen) atoms. The van der Waals surface area contributed by atoms with Gasteiger partial charge in [0.15, 0.2) is 0 Å². The summed E-state index contributed by atoms with van der Waals surface area (Å²) in [4.78, 5) is 0.205. The van der Waals surface area contributed by atoms with Crippen LogP contribution in [0.5, 0.6) is 5.75 Å². The number of hydrogen-bond donors (Lipinski definition) is 1. The van der Waals surface area contributed by atoms with E-state index in [1.807, 2.05) is 12.1 Å². The fourth-order valence-corrected chi connectivity index (χ4v) is 4.41. The molecule has 3 rings (SSSR count). The Labute approximate surface area is 150 Å². The van der Waals surface area contributed by atoms with Crippen LogP contribution < -0.4 is 9.46 Å². The molecule has 1 fully saturated rings. The molecule has 0 spiro atoms. The van der Waals surface area contributed by atoms with E-state index in [0.717, 1.165) is 22.9 Å². The molecule has 1 aromatic heterocycles. The predicted octanol–water partition coefficient (Wildman–Crippen LogP) is 3.25. The van der Waals surface area contributed by atoms with Gasteiger partial charge in [-0.3, -0.25) is 4.68 Å². The Morgan fingerprint density at radius 3 is 2.79 bits per heavy atom. The standard InChI is InChI=1S/C16H20BrN3O3S/c1-23-15-7-12(6-13(17)8-15)9-19-24(21,22)16-10-18-20(11-16)14-4-2-3-5-14/h6-8,10-11,14,19H,2-5,9H2,1H3. The van der Waals surface area contributed by atoms with Crippen molar-refractivity contribution in [1.29, 1.82) is 0 Å². The van der Waals surface area contributed by atoms with Crippen molar-refractivity contribution in [3.05, 3.63) is 40.6 Å². The van der Waals surface area contributed by atoms with Crippen LogP contribution in [0.4, 0.5) is 0 Å². The summed E-state index contributed by atoms with van der Waals surface area (Å²) in [6, 6.07) is 5.80. The van der Waals surface area contributed by atoms with Crippen LogP contribution >= 0.6 is 15.9 Å². The molecule has 2 aromatic rings. The van der Waals surface area contributed by atoms with Gasteiger partial charge in [-0.25, -0.2) is 13.1 Å². The summed E-state index contributed by atoms with van der Waals surface area (Å²) in [6.45, 7) is 0.187. The lowest BCUT2D eigenvalue weighted by atomic mass is 10.2. The number of nitrogens with zero attached hydrogens (tertiary/aromatic N) is 2. The highest BCUT2D eigenvalue weighted by atomic mass is 79.9. The maximum Gasteiger partial charge on any atom is 0.243 e. The van der Waals surface area contributed by atoms with Crippen molar-refractivity contribution < 1.29 is 13.2 Å². The number of rotatable bonds is 6. The number of sulfonamides is 1. The van der Waals surface area contributed by atoms with Crippen LogP contribution in [0.2, 0.25) is 0 Å². The second kappa shape index (κ2) is 7.25. The van der Waals surface area contributed by atoms with Crippen molar-refractivity contribution in [3.8, 4) is 5.75 Å². The van der Waals surface area contributed by atoms with Gasteiger partial charge in [0.1, 0.15) is 10.6 Å². The summed E-state index contributed by atoms with van der Waals surface area (Å²) in [5, 5.41) is 4.23. The minimum atomic E-state index is -3.59. The smallest absolute Gasteiger partial charge is 0.243 e. The number of benzene rings is 1. The molecule has 1 aliphatic carbocycles. The third-order valence-electron chi connectivity index (χ3n) is 4.22. The molecule has 1 aliphatic rings. The molecule has 6 nitrogen and oxygen atoms in total. The van der Waals surface area contributed by atoms with Gasteiger partial charge in [0.25, 0.3) is 0 Å². The average molecular weight is 414 g/mol. The molecule has 1 saturated carbocycles. The first-order chi connectivity index (χ1) is 11.5. The van der Waals surface area contributed by atoms with Gasteiger partial charge in [0.2, 0.25) is 10.0 Å². The van der Waals surface area contributed by atoms with E-state index >= 15 is 0 Å². The zero-order chi connectivity index (χ0) is 17.2. The summed E-state index contributed by atoms with van der Waals surface area (Å²) in [5.74, 6) is 0.674. The van der Waals surface area contributed by atoms with E-state index in [1.54, 1.807) is 24.1 Å². The number of aromatic nitrogens is 2. The lowest BCUT2D eigenvalue weighted by Crippen LogP contribution is -2.23. The molecular formula is C16H20BrN3O3S. The molecule has 1 N–H and O–H groups in total. The molecular weight excluding hydrogens is 394 g/mol. The van der Waals surface area contributed by atoms with Crippen LogP contribution in [-0.4, -0.2) is 25.3 Å². The Bertz CT molecular complexity index is 814. The molecule has 130 valence electrons. The Morgan fingerprint density at radius 1 is 1.33 bits per heavy atom. The van der Waals surface area contributed by atoms with E-state index < -0.39 is 10.0 Å². The van der Waals surface area contributed by atoms with Crippen LogP contribution in [0, 0.1) is 0 Å². The summed E-state index contributed by atoms with van der Waals surface area (Å²) in [7, 11) is -2.01. The first kappa shape index (κ1) is 17.4. The molecule has 0 radical (unpaired) electrons. The monoisotopic (exact) mass is 413 g/mol. The van der Waals surface area contributed by atoms with Crippen LogP contribution in [-0.2, 0) is 16.6 Å². The summed E-state index contributed by atoms with van der Waals surface area (Å²) >= 11 is 3.39. The minimum absolute atomic E-state index is 0.187. The lowest BCUT2D eigenvalue weighted by molar-refractivity contribution is 0.414. The van der Waals surface area contributed by atoms with E-state index in [1.165, 1.54) is 19.0 Å². The van der Waals surface area contributed by atoms with Crippen molar-refractivity contribution in [2.24, 2.45) is 0 Å². The van der Waals surface area contributed by atoms with Crippen molar-refractivity contribution in [2.45, 2.75) is 43.2 Å². The van der Waals surface area contributed by atoms with Crippen molar-refractivity contribution in [1.82, 2.24) is 14.5 Å². The van der Waals surface area contributed by atoms with Gasteiger partial charge in [0, 0.05) is 17.2 Å². The van der Waals surface area contributed by atoms with Crippen LogP contribution in [0.25, 0.3) is 0 Å². The van der Waals surface area contributed by atoms with E-state index in [4.69, 9.17) is 4.74 Å². The maximum absolute atomic E-state index is 12.5. The van der Waals surface area contributed by atoms with Crippen LogP contribution in [0.1, 0.15) is 37.3 Å². The number of halogens is 1. The highest BCUT2D eigenvalue weighted by Gasteiger charge is 2.21. The van der Waals surface area contributed by atoms with Gasteiger partial charge in [-0.2, -0.15) is 5.10 Å². The van der Waals surface area contributed by atoms with E-state index in [-0.39, 0.29) is 11.4 Å². The zero-order valence-electron chi connectivity index (χ0n) is 13.4. The molecule has 8 heteroatoms. The molecule has 0 bridgehead atoms. The summed E-state index contributed by atoms with van der Waals surface area (Å²) in [5.41, 5.74) is 0.813. The number of hydrogen-bond acceptors (Lipinski definition) is 4. The molecule has 0 atom stereocenters. The normalized spacial score (nSPS) is 15.8. The largest absolute Gasteiger partial charge is 0.497 e. The van der Waals surface area contributed by atoms with Gasteiger partial charge in [0.05, 0.1) is 19.3 Å². The van der Waals surface area contributed by atoms with Gasteiger partial charge >= 0.3 is 0 Å². The Hall–Kier alpha value is -1.38. The quantitative estimate of drug-likeness (QED) is 0.788. The molecule has 0 amide bonds. The second-order valence-corrected chi connectivity index (χ2v) is 8.60. The Kier molecular flexibility index (Phi) is 5.27. The Morgan fingerprint density at radius 2 is 2.08 bits per heavy atom. The van der Waals surface area contributed by atoms with Crippen molar-refractivity contribution >= 4 is 26.0 Å². The second-order valence-electron chi connectivity index (χ2n) is 5.92. The summed E-state index contributed by atoms with van der Waals surface area (Å²) in [6.07, 6.45) is 7.52. The SMILES string of the molecule is COc1cc(Br)cc(CNS(=O)(=O)c2cnn(C3CCCC3)c2)c1. The van der Waals surface area contributed by atoms with E-state index in [9.17, 15) is 8.42 Å². The fraction of sp³-hybridized carbons (Fsp3) is 0.438. The third kappa shape index (κ3) is 3.99. The molecule has 0 aliphatic heterocycles. The van der Waals surface area contributed by atoms with E-state index in [2.05, 4.69) is 25.8 Å². The fourth-order valence-electron chi connectivity index (χ4n) is 2.93. The highest BCUT2D eigenvalue weighted by molar-refractivity contribution is 9.10. The van der Waals surface area contributed by atoms with Crippen LogP contribution in [0.3, 0.4) is 0 Å².